The molecule has 0 atom stereocenters. The smallest absolute Gasteiger partial charge is 0.140 e. The Balaban J connectivity index is 1.87. The van der Waals surface area contributed by atoms with Crippen LogP contribution in [0.1, 0.15) is 31.4 Å². The maximum absolute atomic E-state index is 11.4. The van der Waals surface area contributed by atoms with E-state index in [1.807, 2.05) is 54.6 Å². The van der Waals surface area contributed by atoms with Crippen molar-refractivity contribution >= 4 is 11.6 Å². The van der Waals surface area contributed by atoms with Gasteiger partial charge in [0.05, 0.1) is 5.92 Å². The van der Waals surface area contributed by atoms with E-state index in [1.54, 1.807) is 0 Å². The summed E-state index contributed by atoms with van der Waals surface area (Å²) in [5.41, 5.74) is 2.23. The normalized spacial score (nSPS) is 10.6. The molecule has 0 aliphatic rings. The zero-order valence-electron chi connectivity index (χ0n) is 13.6. The SMILES string of the molecule is CC(=O)C(CCc1ccc(OCc2ccccc2)cc1)C(C)=O. The third-order valence-corrected chi connectivity index (χ3v) is 3.87. The first-order valence-corrected chi connectivity index (χ1v) is 7.83. The summed E-state index contributed by atoms with van der Waals surface area (Å²) in [6.07, 6.45) is 1.28. The lowest BCUT2D eigenvalue weighted by molar-refractivity contribution is -0.130. The topological polar surface area (TPSA) is 43.4 Å². The zero-order chi connectivity index (χ0) is 16.7. The van der Waals surface area contributed by atoms with Crippen LogP contribution in [0, 0.1) is 5.92 Å². The second-order valence-corrected chi connectivity index (χ2v) is 5.73. The van der Waals surface area contributed by atoms with Crippen LogP contribution in [0.25, 0.3) is 0 Å². The number of hydrogen-bond acceptors (Lipinski definition) is 3. The second kappa shape index (κ2) is 8.28. The Bertz CT molecular complexity index is 630. The van der Waals surface area contributed by atoms with E-state index in [2.05, 4.69) is 0 Å². The van der Waals surface area contributed by atoms with Gasteiger partial charge in [0.15, 0.2) is 0 Å². The summed E-state index contributed by atoms with van der Waals surface area (Å²) in [6, 6.07) is 17.8. The fourth-order valence-corrected chi connectivity index (χ4v) is 2.50. The van der Waals surface area contributed by atoms with Gasteiger partial charge >= 0.3 is 0 Å². The fraction of sp³-hybridized carbons (Fsp3) is 0.300. The summed E-state index contributed by atoms with van der Waals surface area (Å²) in [6.45, 7) is 3.50. The lowest BCUT2D eigenvalue weighted by atomic mass is 9.93. The minimum absolute atomic E-state index is 0.0553. The molecule has 3 nitrogen and oxygen atoms in total. The van der Waals surface area contributed by atoms with Crippen molar-refractivity contribution in [3.05, 3.63) is 65.7 Å². The van der Waals surface area contributed by atoms with E-state index in [1.165, 1.54) is 13.8 Å². The molecule has 2 aromatic carbocycles. The van der Waals surface area contributed by atoms with E-state index in [9.17, 15) is 9.59 Å². The molecule has 0 bridgehead atoms. The Hall–Kier alpha value is -2.42. The Kier molecular flexibility index (Phi) is 6.10. The predicted octanol–water partition coefficient (Wildman–Crippen LogP) is 3.99. The van der Waals surface area contributed by atoms with Gasteiger partial charge in [-0.15, -0.1) is 0 Å². The summed E-state index contributed by atoms with van der Waals surface area (Å²) in [5.74, 6) is 0.219. The highest BCUT2D eigenvalue weighted by Gasteiger charge is 2.18. The summed E-state index contributed by atoms with van der Waals surface area (Å²) in [7, 11) is 0. The van der Waals surface area contributed by atoms with Crippen molar-refractivity contribution in [3.8, 4) is 5.75 Å². The highest BCUT2D eigenvalue weighted by Crippen LogP contribution is 2.17. The summed E-state index contributed by atoms with van der Waals surface area (Å²) >= 11 is 0. The standard InChI is InChI=1S/C20H22O3/c1-15(21)20(16(2)22)13-10-17-8-11-19(12-9-17)23-14-18-6-4-3-5-7-18/h3-9,11-12,20H,10,13-14H2,1-2H3. The molecular weight excluding hydrogens is 288 g/mol. The van der Waals surface area contributed by atoms with E-state index in [0.29, 0.717) is 19.4 Å². The molecule has 0 fully saturated rings. The quantitative estimate of drug-likeness (QED) is 0.692. The second-order valence-electron chi connectivity index (χ2n) is 5.73. The van der Waals surface area contributed by atoms with Crippen molar-refractivity contribution in [1.29, 1.82) is 0 Å². The number of ether oxygens (including phenoxy) is 1. The molecule has 0 saturated carbocycles. The number of ketones is 2. The van der Waals surface area contributed by atoms with Crippen molar-refractivity contribution in [2.45, 2.75) is 33.3 Å². The van der Waals surface area contributed by atoms with Crippen molar-refractivity contribution < 1.29 is 14.3 Å². The monoisotopic (exact) mass is 310 g/mol. The van der Waals surface area contributed by atoms with Crippen LogP contribution in [0.15, 0.2) is 54.6 Å². The van der Waals surface area contributed by atoms with Crippen molar-refractivity contribution in [2.24, 2.45) is 5.92 Å². The molecule has 0 unspecified atom stereocenters. The minimum atomic E-state index is -0.482. The first kappa shape index (κ1) is 16.9. The van der Waals surface area contributed by atoms with Crippen LogP contribution in [0.2, 0.25) is 0 Å². The van der Waals surface area contributed by atoms with Crippen molar-refractivity contribution in [2.75, 3.05) is 0 Å². The van der Waals surface area contributed by atoms with E-state index in [4.69, 9.17) is 4.74 Å². The molecule has 0 N–H and O–H groups in total. The number of Topliss-reactive ketones (excluding diaryl/α,β-unsaturated/α-hetero) is 2. The molecule has 0 aliphatic heterocycles. The van der Waals surface area contributed by atoms with Gasteiger partial charge < -0.3 is 4.74 Å². The lowest BCUT2D eigenvalue weighted by Crippen LogP contribution is -2.20. The molecule has 2 rings (SSSR count). The van der Waals surface area contributed by atoms with Gasteiger partial charge in [-0.2, -0.15) is 0 Å². The predicted molar refractivity (Wildman–Crippen MR) is 90.4 cm³/mol. The van der Waals surface area contributed by atoms with Gasteiger partial charge in [-0.05, 0) is 49.9 Å². The van der Waals surface area contributed by atoms with Crippen LogP contribution >= 0.6 is 0 Å². The number of hydrogen-bond donors (Lipinski definition) is 0. The first-order valence-electron chi connectivity index (χ1n) is 7.83. The van der Waals surface area contributed by atoms with Gasteiger partial charge in [0.25, 0.3) is 0 Å². The Morgan fingerprint density at radius 2 is 1.48 bits per heavy atom. The minimum Gasteiger partial charge on any atom is -0.489 e. The molecule has 0 aromatic heterocycles. The van der Waals surface area contributed by atoms with Crippen LogP contribution < -0.4 is 4.74 Å². The lowest BCUT2D eigenvalue weighted by Gasteiger charge is -2.11. The summed E-state index contributed by atoms with van der Waals surface area (Å²) in [5, 5.41) is 0. The average Bonchev–Trinajstić information content (AvgIpc) is 2.54. The number of rotatable bonds is 8. The molecule has 3 heteroatoms. The van der Waals surface area contributed by atoms with E-state index >= 15 is 0 Å². The maximum atomic E-state index is 11.4. The number of benzene rings is 2. The number of carbonyl (C=O) groups excluding carboxylic acids is 2. The van der Waals surface area contributed by atoms with Crippen LogP contribution in [0.5, 0.6) is 5.75 Å². The highest BCUT2D eigenvalue weighted by molar-refractivity contribution is 6.00. The molecule has 0 aliphatic carbocycles. The molecule has 23 heavy (non-hydrogen) atoms. The molecule has 120 valence electrons. The van der Waals surface area contributed by atoms with Crippen LogP contribution in [0.3, 0.4) is 0 Å². The first-order chi connectivity index (χ1) is 11.1. The third kappa shape index (κ3) is 5.37. The third-order valence-electron chi connectivity index (χ3n) is 3.87. The van der Waals surface area contributed by atoms with Crippen molar-refractivity contribution in [1.82, 2.24) is 0 Å². The van der Waals surface area contributed by atoms with Crippen molar-refractivity contribution in [3.63, 3.8) is 0 Å². The molecule has 0 saturated heterocycles. The van der Waals surface area contributed by atoms with Crippen LogP contribution in [-0.2, 0) is 22.6 Å². The van der Waals surface area contributed by atoms with Gasteiger partial charge in [0.2, 0.25) is 0 Å². The maximum Gasteiger partial charge on any atom is 0.140 e. The Morgan fingerprint density at radius 1 is 0.870 bits per heavy atom. The number of aryl methyl sites for hydroxylation is 1. The van der Waals surface area contributed by atoms with Gasteiger partial charge in [0, 0.05) is 0 Å². The number of carbonyl (C=O) groups is 2. The Labute approximate surface area is 137 Å². The van der Waals surface area contributed by atoms with Gasteiger partial charge in [-0.3, -0.25) is 9.59 Å². The van der Waals surface area contributed by atoms with E-state index in [0.717, 1.165) is 16.9 Å². The molecule has 0 amide bonds. The highest BCUT2D eigenvalue weighted by atomic mass is 16.5. The molecule has 0 radical (unpaired) electrons. The molecule has 0 spiro atoms. The van der Waals surface area contributed by atoms with Gasteiger partial charge in [-0.25, -0.2) is 0 Å². The van der Waals surface area contributed by atoms with E-state index in [-0.39, 0.29) is 11.6 Å². The van der Waals surface area contributed by atoms with Gasteiger partial charge in [-0.1, -0.05) is 42.5 Å². The fourth-order valence-electron chi connectivity index (χ4n) is 2.50. The summed E-state index contributed by atoms with van der Waals surface area (Å²) in [4.78, 5) is 22.9. The van der Waals surface area contributed by atoms with E-state index < -0.39 is 5.92 Å². The summed E-state index contributed by atoms with van der Waals surface area (Å²) < 4.78 is 5.74. The largest absolute Gasteiger partial charge is 0.489 e. The van der Waals surface area contributed by atoms with Crippen LogP contribution in [-0.4, -0.2) is 11.6 Å². The zero-order valence-corrected chi connectivity index (χ0v) is 13.6. The molecule has 2 aromatic rings. The Morgan fingerprint density at radius 3 is 2.04 bits per heavy atom. The molecule has 0 heterocycles. The van der Waals surface area contributed by atoms with Crippen LogP contribution in [0.4, 0.5) is 0 Å². The molecular formula is C20H22O3. The van der Waals surface area contributed by atoms with Gasteiger partial charge in [0.1, 0.15) is 23.9 Å². The average molecular weight is 310 g/mol.